The first-order valence-electron chi connectivity index (χ1n) is 10.2. The van der Waals surface area contributed by atoms with Crippen LogP contribution < -0.4 is 5.32 Å². The molecule has 30 heavy (non-hydrogen) atoms. The van der Waals surface area contributed by atoms with E-state index in [1.54, 1.807) is 0 Å². The molecule has 0 unspecified atom stereocenters. The Labute approximate surface area is 175 Å². The van der Waals surface area contributed by atoms with E-state index in [1.807, 2.05) is 0 Å². The average molecular weight is 425 g/mol. The van der Waals surface area contributed by atoms with Crippen LogP contribution in [0.1, 0.15) is 39.5 Å². The van der Waals surface area contributed by atoms with Crippen molar-refractivity contribution in [2.45, 2.75) is 57.3 Å². The number of allylic oxidation sites excluding steroid dienone is 2. The molecule has 2 fully saturated rings. The van der Waals surface area contributed by atoms with E-state index in [0.29, 0.717) is 25.2 Å². The topological polar surface area (TPSA) is 146 Å². The molecule has 4 N–H and O–H groups in total. The third-order valence-electron chi connectivity index (χ3n) is 5.76. The fourth-order valence-electron chi connectivity index (χ4n) is 4.05. The number of aliphatic carboxylic acids is 2. The molecule has 0 aromatic rings. The lowest BCUT2D eigenvalue weighted by molar-refractivity contribution is -0.145. The van der Waals surface area contributed by atoms with Gasteiger partial charge in [0.1, 0.15) is 12.2 Å². The molecule has 5 atom stereocenters. The van der Waals surface area contributed by atoms with E-state index in [9.17, 15) is 14.4 Å². The van der Waals surface area contributed by atoms with Gasteiger partial charge >= 0.3 is 17.9 Å². The molecule has 0 aromatic heterocycles. The van der Waals surface area contributed by atoms with Crippen LogP contribution in [0.2, 0.25) is 0 Å². The smallest absolute Gasteiger partial charge is 0.328 e. The van der Waals surface area contributed by atoms with Gasteiger partial charge in [-0.25, -0.2) is 9.59 Å². The van der Waals surface area contributed by atoms with E-state index < -0.39 is 11.9 Å². The number of aliphatic hydroxyl groups excluding tert-OH is 1. The van der Waals surface area contributed by atoms with Crippen LogP contribution in [0.15, 0.2) is 23.8 Å². The quantitative estimate of drug-likeness (QED) is 0.162. The summed E-state index contributed by atoms with van der Waals surface area (Å²) in [6, 6.07) is 0. The zero-order chi connectivity index (χ0) is 22.3. The van der Waals surface area contributed by atoms with E-state index >= 15 is 0 Å². The minimum Gasteiger partial charge on any atom is -0.478 e. The molecule has 2 heterocycles. The van der Waals surface area contributed by atoms with Crippen molar-refractivity contribution >= 4 is 17.9 Å². The molecule has 9 heteroatoms. The molecule has 1 aliphatic carbocycles. The summed E-state index contributed by atoms with van der Waals surface area (Å²) in [5.41, 5.74) is 1.26. The molecule has 2 saturated heterocycles. The number of carboxylic acids is 2. The summed E-state index contributed by atoms with van der Waals surface area (Å²) in [5, 5.41) is 27.7. The van der Waals surface area contributed by atoms with Gasteiger partial charge in [-0.3, -0.25) is 4.79 Å². The van der Waals surface area contributed by atoms with Crippen LogP contribution in [-0.2, 0) is 23.9 Å². The second-order valence-electron chi connectivity index (χ2n) is 8.09. The maximum Gasteiger partial charge on any atom is 0.328 e. The number of carboxylic acid groups (broad SMARTS) is 2. The monoisotopic (exact) mass is 425 g/mol. The molecule has 3 rings (SSSR count). The number of fused-ring (bicyclic) bond motifs is 3. The predicted molar refractivity (Wildman–Crippen MR) is 107 cm³/mol. The molecule has 0 saturated carbocycles. The van der Waals surface area contributed by atoms with Gasteiger partial charge in [-0.05, 0) is 39.5 Å². The summed E-state index contributed by atoms with van der Waals surface area (Å²) in [7, 11) is 0. The Morgan fingerprint density at radius 1 is 1.30 bits per heavy atom. The minimum absolute atomic E-state index is 0.0519. The van der Waals surface area contributed by atoms with E-state index in [4.69, 9.17) is 24.8 Å². The Kier molecular flexibility index (Phi) is 8.57. The minimum atomic E-state index is -1.26. The highest BCUT2D eigenvalue weighted by molar-refractivity contribution is 5.89. The second kappa shape index (κ2) is 10.7. The number of esters is 1. The molecule has 0 aromatic carbocycles. The molecule has 2 aliphatic heterocycles. The molecular formula is C21H31NO8. The van der Waals surface area contributed by atoms with E-state index in [2.05, 4.69) is 25.2 Å². The van der Waals surface area contributed by atoms with Crippen molar-refractivity contribution in [1.82, 2.24) is 5.32 Å². The summed E-state index contributed by atoms with van der Waals surface area (Å²) in [5.74, 6) is -2.55. The molecule has 9 nitrogen and oxygen atoms in total. The number of epoxide rings is 1. The van der Waals surface area contributed by atoms with Gasteiger partial charge < -0.3 is 30.1 Å². The molecule has 0 bridgehead atoms. The largest absolute Gasteiger partial charge is 0.478 e. The Hall–Kier alpha value is -2.23. The molecule has 168 valence electrons. The van der Waals surface area contributed by atoms with E-state index in [1.165, 1.54) is 5.57 Å². The Morgan fingerprint density at radius 2 is 1.97 bits per heavy atom. The highest BCUT2D eigenvalue weighted by atomic mass is 16.6. The van der Waals surface area contributed by atoms with Crippen LogP contribution in [0, 0.1) is 11.8 Å². The Bertz CT molecular complexity index is 687. The summed E-state index contributed by atoms with van der Waals surface area (Å²) in [6.45, 7) is 5.47. The van der Waals surface area contributed by atoms with Gasteiger partial charge in [-0.1, -0.05) is 11.6 Å². The predicted octanol–water partition coefficient (Wildman–Crippen LogP) is 1.12. The zero-order valence-corrected chi connectivity index (χ0v) is 17.4. The molecule has 0 amide bonds. The van der Waals surface area contributed by atoms with Crippen molar-refractivity contribution in [3.63, 3.8) is 0 Å². The van der Waals surface area contributed by atoms with Crippen LogP contribution in [0.4, 0.5) is 0 Å². The number of carbonyl (C=O) groups excluding carboxylic acids is 1. The lowest BCUT2D eigenvalue weighted by atomic mass is 9.80. The fraction of sp³-hybridized carbons (Fsp3) is 0.667. The second-order valence-corrected chi connectivity index (χ2v) is 8.09. The number of rotatable bonds is 6. The van der Waals surface area contributed by atoms with E-state index in [0.717, 1.165) is 25.7 Å². The highest BCUT2D eigenvalue weighted by Crippen LogP contribution is 2.50. The lowest BCUT2D eigenvalue weighted by Gasteiger charge is -2.22. The summed E-state index contributed by atoms with van der Waals surface area (Å²) >= 11 is 0. The van der Waals surface area contributed by atoms with Gasteiger partial charge in [0.25, 0.3) is 0 Å². The third kappa shape index (κ3) is 6.65. The van der Waals surface area contributed by atoms with Gasteiger partial charge in [0.15, 0.2) is 0 Å². The van der Waals surface area contributed by atoms with Crippen LogP contribution in [0.3, 0.4) is 0 Å². The van der Waals surface area contributed by atoms with Crippen molar-refractivity contribution in [3.8, 4) is 0 Å². The zero-order valence-electron chi connectivity index (χ0n) is 17.4. The standard InChI is InChI=1S/C17H27NO4.C4H4O4/c1-11-4-3-7-17(2)15(22-17)14-12(6-5-11)13(16(20)21-14)10-18-8-9-19;5-3(6)1-2-4(7)8/h4,12-15,18-19H,3,5-10H2,1-2H3;1-2H,(H,5,6)(H,7,8)/b;2-1+/t12-,13-,14-,15-,17+;/m0./s1. The van der Waals surface area contributed by atoms with Crippen LogP contribution in [0.25, 0.3) is 0 Å². The van der Waals surface area contributed by atoms with Gasteiger partial charge in [-0.2, -0.15) is 0 Å². The maximum absolute atomic E-state index is 12.3. The Balaban J connectivity index is 0.000000343. The first-order chi connectivity index (χ1) is 14.2. The normalized spacial score (nSPS) is 32.8. The average Bonchev–Trinajstić information content (AvgIpc) is 3.24. The van der Waals surface area contributed by atoms with Gasteiger partial charge in [-0.15, -0.1) is 0 Å². The number of hydrogen-bond acceptors (Lipinski definition) is 7. The summed E-state index contributed by atoms with van der Waals surface area (Å²) in [4.78, 5) is 31.4. The molecule has 3 aliphatic rings. The Morgan fingerprint density at radius 3 is 2.57 bits per heavy atom. The highest BCUT2D eigenvalue weighted by Gasteiger charge is 2.62. The van der Waals surface area contributed by atoms with Crippen LogP contribution in [0.5, 0.6) is 0 Å². The van der Waals surface area contributed by atoms with Crippen molar-refractivity contribution < 1.29 is 39.2 Å². The lowest BCUT2D eigenvalue weighted by Crippen LogP contribution is -2.35. The number of carbonyl (C=O) groups is 3. The van der Waals surface area contributed by atoms with Gasteiger partial charge in [0.05, 0.1) is 18.1 Å². The SMILES string of the molecule is CC1=CCC[C@@]2(C)O[C@H]2[C@H]2OC(=O)[C@@H](CNCCO)[C@@H]2CC1.O=C(O)/C=C/C(=O)O. The van der Waals surface area contributed by atoms with Crippen LogP contribution in [-0.4, -0.2) is 70.7 Å². The van der Waals surface area contributed by atoms with Crippen LogP contribution >= 0.6 is 0 Å². The van der Waals surface area contributed by atoms with Crippen molar-refractivity contribution in [2.75, 3.05) is 19.7 Å². The van der Waals surface area contributed by atoms with Crippen molar-refractivity contribution in [3.05, 3.63) is 23.8 Å². The fourth-order valence-corrected chi connectivity index (χ4v) is 4.05. The van der Waals surface area contributed by atoms with Crippen molar-refractivity contribution in [2.24, 2.45) is 11.8 Å². The van der Waals surface area contributed by atoms with E-state index in [-0.39, 0.29) is 42.2 Å². The maximum atomic E-state index is 12.3. The summed E-state index contributed by atoms with van der Waals surface area (Å²) < 4.78 is 11.6. The molecule has 0 radical (unpaired) electrons. The number of nitrogens with one attached hydrogen (secondary N) is 1. The molecular weight excluding hydrogens is 394 g/mol. The number of ether oxygens (including phenoxy) is 2. The van der Waals surface area contributed by atoms with Crippen molar-refractivity contribution in [1.29, 1.82) is 0 Å². The molecule has 0 spiro atoms. The first kappa shape index (κ1) is 24.0. The van der Waals surface area contributed by atoms with Gasteiger partial charge in [0, 0.05) is 31.2 Å². The number of hydrogen-bond donors (Lipinski definition) is 4. The van der Waals surface area contributed by atoms with Gasteiger partial charge in [0.2, 0.25) is 0 Å². The first-order valence-corrected chi connectivity index (χ1v) is 10.2. The third-order valence-corrected chi connectivity index (χ3v) is 5.76. The summed E-state index contributed by atoms with van der Waals surface area (Å²) in [6.07, 6.45) is 7.36. The number of aliphatic hydroxyl groups is 1.